The smallest absolute Gasteiger partial charge is 0.151 e. The zero-order chi connectivity index (χ0) is 13.0. The average Bonchev–Trinajstić information content (AvgIpc) is 2.14. The van der Waals surface area contributed by atoms with E-state index < -0.39 is 11.6 Å². The standard InChI is InChI=1S/C12H18F2N2O/c1-8(2)17-5-4-16(3)12-10(13)6-9(15)7-11(12)14/h6-8H,4-5,15H2,1-3H3. The molecule has 0 aliphatic rings. The van der Waals surface area contributed by atoms with Crippen LogP contribution in [0.3, 0.4) is 0 Å². The molecule has 17 heavy (non-hydrogen) atoms. The van der Waals surface area contributed by atoms with Gasteiger partial charge in [-0.05, 0) is 26.0 Å². The second-order valence-corrected chi connectivity index (χ2v) is 4.17. The summed E-state index contributed by atoms with van der Waals surface area (Å²) in [7, 11) is 1.61. The van der Waals surface area contributed by atoms with Gasteiger partial charge in [0.05, 0.1) is 12.7 Å². The molecule has 2 N–H and O–H groups in total. The number of nitrogens with zero attached hydrogens (tertiary/aromatic N) is 1. The van der Waals surface area contributed by atoms with E-state index in [9.17, 15) is 8.78 Å². The molecule has 0 saturated heterocycles. The lowest BCUT2D eigenvalue weighted by atomic mass is 10.2. The monoisotopic (exact) mass is 244 g/mol. The molecule has 0 saturated carbocycles. The molecule has 0 aromatic heterocycles. The number of anilines is 2. The van der Waals surface area contributed by atoms with E-state index in [1.54, 1.807) is 7.05 Å². The van der Waals surface area contributed by atoms with Gasteiger partial charge in [0.1, 0.15) is 5.69 Å². The van der Waals surface area contributed by atoms with Crippen LogP contribution in [0.4, 0.5) is 20.2 Å². The number of rotatable bonds is 5. The van der Waals surface area contributed by atoms with Crippen molar-refractivity contribution in [3.63, 3.8) is 0 Å². The number of ether oxygens (including phenoxy) is 1. The highest BCUT2D eigenvalue weighted by Gasteiger charge is 2.14. The predicted molar refractivity (Wildman–Crippen MR) is 65.1 cm³/mol. The Hall–Kier alpha value is -1.36. The van der Waals surface area contributed by atoms with Gasteiger partial charge in [-0.3, -0.25) is 0 Å². The topological polar surface area (TPSA) is 38.5 Å². The summed E-state index contributed by atoms with van der Waals surface area (Å²) in [5.74, 6) is -1.32. The molecular formula is C12H18F2N2O. The molecule has 0 atom stereocenters. The average molecular weight is 244 g/mol. The van der Waals surface area contributed by atoms with E-state index in [1.165, 1.54) is 4.90 Å². The van der Waals surface area contributed by atoms with Gasteiger partial charge < -0.3 is 15.4 Å². The van der Waals surface area contributed by atoms with Gasteiger partial charge in [0.25, 0.3) is 0 Å². The predicted octanol–water partition coefficient (Wildman–Crippen LogP) is 2.41. The van der Waals surface area contributed by atoms with E-state index in [2.05, 4.69) is 0 Å². The van der Waals surface area contributed by atoms with Crippen LogP contribution in [-0.2, 0) is 4.74 Å². The zero-order valence-corrected chi connectivity index (χ0v) is 10.3. The van der Waals surface area contributed by atoms with Crippen LogP contribution in [-0.4, -0.2) is 26.3 Å². The third-order valence-corrected chi connectivity index (χ3v) is 2.30. The number of nitrogens with two attached hydrogens (primary N) is 1. The van der Waals surface area contributed by atoms with E-state index in [4.69, 9.17) is 10.5 Å². The Morgan fingerprint density at radius 2 is 1.82 bits per heavy atom. The minimum absolute atomic E-state index is 0.0773. The summed E-state index contributed by atoms with van der Waals surface area (Å²) in [6.07, 6.45) is 0.101. The van der Waals surface area contributed by atoms with Crippen LogP contribution in [0.25, 0.3) is 0 Å². The first-order valence-electron chi connectivity index (χ1n) is 5.49. The Morgan fingerprint density at radius 3 is 2.29 bits per heavy atom. The van der Waals surface area contributed by atoms with Crippen LogP contribution in [0.1, 0.15) is 13.8 Å². The molecule has 1 aromatic rings. The maximum Gasteiger partial charge on any atom is 0.151 e. The SMILES string of the molecule is CC(C)OCCN(C)c1c(F)cc(N)cc1F. The summed E-state index contributed by atoms with van der Waals surface area (Å²) in [6.45, 7) is 4.64. The summed E-state index contributed by atoms with van der Waals surface area (Å²) in [5.41, 5.74) is 5.35. The summed E-state index contributed by atoms with van der Waals surface area (Å²) in [4.78, 5) is 1.48. The van der Waals surface area contributed by atoms with Crippen molar-refractivity contribution in [2.75, 3.05) is 30.8 Å². The molecule has 3 nitrogen and oxygen atoms in total. The summed E-state index contributed by atoms with van der Waals surface area (Å²) in [5, 5.41) is 0. The van der Waals surface area contributed by atoms with Gasteiger partial charge >= 0.3 is 0 Å². The molecule has 0 fully saturated rings. The highest BCUT2D eigenvalue weighted by atomic mass is 19.1. The number of nitrogen functional groups attached to an aromatic ring is 1. The molecular weight excluding hydrogens is 226 g/mol. The van der Waals surface area contributed by atoms with Gasteiger partial charge in [0, 0.05) is 19.3 Å². The number of halogens is 2. The third-order valence-electron chi connectivity index (χ3n) is 2.30. The van der Waals surface area contributed by atoms with Crippen molar-refractivity contribution >= 4 is 11.4 Å². The van der Waals surface area contributed by atoms with Gasteiger partial charge in [-0.25, -0.2) is 8.78 Å². The fourth-order valence-electron chi connectivity index (χ4n) is 1.49. The van der Waals surface area contributed by atoms with Gasteiger partial charge in [-0.2, -0.15) is 0 Å². The minimum atomic E-state index is -0.658. The maximum absolute atomic E-state index is 13.5. The number of benzene rings is 1. The van der Waals surface area contributed by atoms with Crippen LogP contribution in [0.15, 0.2) is 12.1 Å². The molecule has 0 aliphatic heterocycles. The molecule has 0 bridgehead atoms. The lowest BCUT2D eigenvalue weighted by molar-refractivity contribution is 0.0845. The lowest BCUT2D eigenvalue weighted by Gasteiger charge is -2.21. The highest BCUT2D eigenvalue weighted by Crippen LogP contribution is 2.24. The molecule has 0 spiro atoms. The van der Waals surface area contributed by atoms with E-state index in [0.717, 1.165) is 12.1 Å². The molecule has 0 aliphatic carbocycles. The Bertz CT molecular complexity index is 360. The van der Waals surface area contributed by atoms with Crippen molar-refractivity contribution in [1.82, 2.24) is 0 Å². The van der Waals surface area contributed by atoms with Crippen molar-refractivity contribution in [3.8, 4) is 0 Å². The molecule has 0 heterocycles. The normalized spacial score (nSPS) is 10.9. The van der Waals surface area contributed by atoms with E-state index in [-0.39, 0.29) is 17.5 Å². The van der Waals surface area contributed by atoms with Crippen molar-refractivity contribution in [3.05, 3.63) is 23.8 Å². The lowest BCUT2D eigenvalue weighted by Crippen LogP contribution is -2.25. The van der Waals surface area contributed by atoms with Gasteiger partial charge in [0.15, 0.2) is 11.6 Å². The molecule has 96 valence electrons. The van der Waals surface area contributed by atoms with Crippen LogP contribution in [0.5, 0.6) is 0 Å². The quantitative estimate of drug-likeness (QED) is 0.808. The van der Waals surface area contributed by atoms with Crippen LogP contribution < -0.4 is 10.6 Å². The Labute approximate surface area is 100 Å². The fraction of sp³-hybridized carbons (Fsp3) is 0.500. The largest absolute Gasteiger partial charge is 0.399 e. The fourth-order valence-corrected chi connectivity index (χ4v) is 1.49. The van der Waals surface area contributed by atoms with Gasteiger partial charge in [0.2, 0.25) is 0 Å². The molecule has 0 unspecified atom stereocenters. The molecule has 1 rings (SSSR count). The van der Waals surface area contributed by atoms with E-state index in [1.807, 2.05) is 13.8 Å². The van der Waals surface area contributed by atoms with Gasteiger partial charge in [-0.15, -0.1) is 0 Å². The molecule has 0 radical (unpaired) electrons. The first-order valence-corrected chi connectivity index (χ1v) is 5.49. The summed E-state index contributed by atoms with van der Waals surface area (Å²) >= 11 is 0. The van der Waals surface area contributed by atoms with Gasteiger partial charge in [-0.1, -0.05) is 0 Å². The van der Waals surface area contributed by atoms with Crippen LogP contribution in [0, 0.1) is 11.6 Å². The Kier molecular flexibility index (Phi) is 4.69. The van der Waals surface area contributed by atoms with Crippen molar-refractivity contribution in [1.29, 1.82) is 0 Å². The minimum Gasteiger partial charge on any atom is -0.399 e. The number of likely N-dealkylation sites (N-methyl/N-ethyl adjacent to an activating group) is 1. The van der Waals surface area contributed by atoms with Crippen molar-refractivity contribution < 1.29 is 13.5 Å². The first kappa shape index (κ1) is 13.7. The molecule has 0 amide bonds. The Balaban J connectivity index is 2.72. The highest BCUT2D eigenvalue weighted by molar-refractivity contribution is 5.55. The number of hydrogen-bond acceptors (Lipinski definition) is 3. The first-order chi connectivity index (χ1) is 7.91. The summed E-state index contributed by atoms with van der Waals surface area (Å²) < 4.78 is 32.4. The van der Waals surface area contributed by atoms with E-state index >= 15 is 0 Å². The second-order valence-electron chi connectivity index (χ2n) is 4.17. The zero-order valence-electron chi connectivity index (χ0n) is 10.3. The van der Waals surface area contributed by atoms with Crippen molar-refractivity contribution in [2.24, 2.45) is 0 Å². The van der Waals surface area contributed by atoms with Crippen molar-refractivity contribution in [2.45, 2.75) is 20.0 Å². The third kappa shape index (κ3) is 3.85. The van der Waals surface area contributed by atoms with Crippen LogP contribution >= 0.6 is 0 Å². The van der Waals surface area contributed by atoms with Crippen LogP contribution in [0.2, 0.25) is 0 Å². The summed E-state index contributed by atoms with van der Waals surface area (Å²) in [6, 6.07) is 2.22. The van der Waals surface area contributed by atoms with E-state index in [0.29, 0.717) is 13.2 Å². The molecule has 5 heteroatoms. The number of hydrogen-bond donors (Lipinski definition) is 1. The Morgan fingerprint density at radius 1 is 1.29 bits per heavy atom. The molecule has 1 aromatic carbocycles. The maximum atomic E-state index is 13.5. The second kappa shape index (κ2) is 5.82.